The van der Waals surface area contributed by atoms with Crippen LogP contribution in [0.3, 0.4) is 0 Å². The molecule has 0 saturated heterocycles. The van der Waals surface area contributed by atoms with Crippen molar-refractivity contribution >= 4 is 0 Å². The highest BCUT2D eigenvalue weighted by Crippen LogP contribution is 2.33. The normalized spacial score (nSPS) is 22.8. The standard InChI is InChI=1S/C17H28/c1-14-8-6-9-15(2)12-13-17(4,5)16(3)11-7-10-14/h9-11H,6-8,12-13H2,1-5H3. The molecule has 0 radical (unpaired) electrons. The van der Waals surface area contributed by atoms with Crippen molar-refractivity contribution in [3.63, 3.8) is 0 Å². The SMILES string of the molecule is CC1=CCC=C(C)C(C)(C)CCC(C)=CCC1. The van der Waals surface area contributed by atoms with Gasteiger partial charge in [0.05, 0.1) is 0 Å². The molecule has 0 fully saturated rings. The smallest absolute Gasteiger partial charge is 0.0144 e. The minimum absolute atomic E-state index is 0.343. The van der Waals surface area contributed by atoms with Crippen molar-refractivity contribution in [2.45, 2.75) is 66.7 Å². The van der Waals surface area contributed by atoms with Gasteiger partial charge in [-0.15, -0.1) is 0 Å². The van der Waals surface area contributed by atoms with Crippen LogP contribution in [0.5, 0.6) is 0 Å². The van der Waals surface area contributed by atoms with Crippen LogP contribution in [0.2, 0.25) is 0 Å². The molecule has 1 aliphatic rings. The summed E-state index contributed by atoms with van der Waals surface area (Å²) in [5, 5.41) is 0. The largest absolute Gasteiger partial charge is 0.0853 e. The Morgan fingerprint density at radius 3 is 2.24 bits per heavy atom. The third kappa shape index (κ3) is 4.93. The zero-order chi connectivity index (χ0) is 12.9. The van der Waals surface area contributed by atoms with E-state index in [0.29, 0.717) is 5.41 Å². The molecule has 0 aliphatic heterocycles. The first kappa shape index (κ1) is 14.3. The molecule has 0 aromatic carbocycles. The van der Waals surface area contributed by atoms with Gasteiger partial charge >= 0.3 is 0 Å². The average molecular weight is 232 g/mol. The van der Waals surface area contributed by atoms with E-state index in [4.69, 9.17) is 0 Å². The predicted molar refractivity (Wildman–Crippen MR) is 78.1 cm³/mol. The summed E-state index contributed by atoms with van der Waals surface area (Å²) in [6.45, 7) is 11.6. The molecule has 17 heavy (non-hydrogen) atoms. The van der Waals surface area contributed by atoms with E-state index in [1.165, 1.54) is 36.8 Å². The summed E-state index contributed by atoms with van der Waals surface area (Å²) in [6, 6.07) is 0. The summed E-state index contributed by atoms with van der Waals surface area (Å²) in [4.78, 5) is 0. The molecule has 0 unspecified atom stereocenters. The molecule has 0 bridgehead atoms. The van der Waals surface area contributed by atoms with Crippen molar-refractivity contribution in [3.8, 4) is 0 Å². The molecular formula is C17H28. The van der Waals surface area contributed by atoms with Gasteiger partial charge in [-0.1, -0.05) is 48.8 Å². The fraction of sp³-hybridized carbons (Fsp3) is 0.647. The highest BCUT2D eigenvalue weighted by atomic mass is 14.2. The van der Waals surface area contributed by atoms with Crippen LogP contribution in [0.1, 0.15) is 66.7 Å². The van der Waals surface area contributed by atoms with Gasteiger partial charge in [-0.25, -0.2) is 0 Å². The highest BCUT2D eigenvalue weighted by molar-refractivity contribution is 5.15. The van der Waals surface area contributed by atoms with Gasteiger partial charge in [0.1, 0.15) is 0 Å². The topological polar surface area (TPSA) is 0 Å². The van der Waals surface area contributed by atoms with E-state index in [9.17, 15) is 0 Å². The lowest BCUT2D eigenvalue weighted by atomic mass is 9.79. The van der Waals surface area contributed by atoms with E-state index in [1.54, 1.807) is 5.57 Å². The monoisotopic (exact) mass is 232 g/mol. The van der Waals surface area contributed by atoms with E-state index in [2.05, 4.69) is 52.8 Å². The number of rotatable bonds is 0. The van der Waals surface area contributed by atoms with Crippen LogP contribution < -0.4 is 0 Å². The molecule has 0 aromatic rings. The van der Waals surface area contributed by atoms with Gasteiger partial charge in [-0.2, -0.15) is 0 Å². The van der Waals surface area contributed by atoms with Crippen LogP contribution in [0.4, 0.5) is 0 Å². The fourth-order valence-electron chi connectivity index (χ4n) is 2.17. The maximum absolute atomic E-state index is 2.42. The Kier molecular flexibility index (Phi) is 5.24. The van der Waals surface area contributed by atoms with Crippen molar-refractivity contribution < 1.29 is 0 Å². The molecule has 0 N–H and O–H groups in total. The van der Waals surface area contributed by atoms with Crippen LogP contribution in [-0.2, 0) is 0 Å². The van der Waals surface area contributed by atoms with Crippen molar-refractivity contribution in [1.29, 1.82) is 0 Å². The maximum Gasteiger partial charge on any atom is -0.0144 e. The molecule has 0 aromatic heterocycles. The Labute approximate surface area is 108 Å². The first-order valence-corrected chi connectivity index (χ1v) is 6.90. The second-order valence-corrected chi connectivity index (χ2v) is 6.15. The summed E-state index contributed by atoms with van der Waals surface area (Å²) in [7, 11) is 0. The van der Waals surface area contributed by atoms with Gasteiger partial charge in [0.15, 0.2) is 0 Å². The third-order valence-corrected chi connectivity index (χ3v) is 4.13. The summed E-state index contributed by atoms with van der Waals surface area (Å²) < 4.78 is 0. The molecule has 96 valence electrons. The van der Waals surface area contributed by atoms with Gasteiger partial charge in [0.25, 0.3) is 0 Å². The number of hydrogen-bond acceptors (Lipinski definition) is 0. The quantitative estimate of drug-likeness (QED) is 0.462. The molecular weight excluding hydrogens is 204 g/mol. The molecule has 0 nitrogen and oxygen atoms in total. The molecule has 1 rings (SSSR count). The van der Waals surface area contributed by atoms with Crippen molar-refractivity contribution in [1.82, 2.24) is 0 Å². The van der Waals surface area contributed by atoms with Crippen LogP contribution in [0, 0.1) is 5.41 Å². The highest BCUT2D eigenvalue weighted by Gasteiger charge is 2.19. The molecule has 1 aliphatic carbocycles. The Morgan fingerprint density at radius 1 is 0.882 bits per heavy atom. The van der Waals surface area contributed by atoms with Crippen molar-refractivity contribution in [2.24, 2.45) is 5.41 Å². The van der Waals surface area contributed by atoms with Crippen LogP contribution in [-0.4, -0.2) is 0 Å². The lowest BCUT2D eigenvalue weighted by molar-refractivity contribution is 0.406. The Balaban J connectivity index is 2.87. The van der Waals surface area contributed by atoms with E-state index < -0.39 is 0 Å². The van der Waals surface area contributed by atoms with Crippen LogP contribution >= 0.6 is 0 Å². The van der Waals surface area contributed by atoms with E-state index in [-0.39, 0.29) is 0 Å². The van der Waals surface area contributed by atoms with Gasteiger partial charge in [-0.05, 0) is 58.3 Å². The van der Waals surface area contributed by atoms with E-state index >= 15 is 0 Å². The molecule has 0 spiro atoms. The van der Waals surface area contributed by atoms with Crippen LogP contribution in [0.25, 0.3) is 0 Å². The minimum Gasteiger partial charge on any atom is -0.0853 e. The fourth-order valence-corrected chi connectivity index (χ4v) is 2.17. The lowest BCUT2D eigenvalue weighted by Gasteiger charge is -2.26. The first-order chi connectivity index (χ1) is 7.92. The molecule has 0 saturated carbocycles. The molecule has 0 heteroatoms. The molecule has 0 heterocycles. The van der Waals surface area contributed by atoms with E-state index in [0.717, 1.165) is 6.42 Å². The number of hydrogen-bond donors (Lipinski definition) is 0. The summed E-state index contributed by atoms with van der Waals surface area (Å²) >= 11 is 0. The lowest BCUT2D eigenvalue weighted by Crippen LogP contribution is -2.13. The summed E-state index contributed by atoms with van der Waals surface area (Å²) in [5.74, 6) is 0. The average Bonchev–Trinajstić information content (AvgIpc) is 2.25. The minimum atomic E-state index is 0.343. The van der Waals surface area contributed by atoms with Crippen molar-refractivity contribution in [2.75, 3.05) is 0 Å². The second-order valence-electron chi connectivity index (χ2n) is 6.15. The zero-order valence-corrected chi connectivity index (χ0v) is 12.3. The predicted octanol–water partition coefficient (Wildman–Crippen LogP) is 5.82. The third-order valence-electron chi connectivity index (χ3n) is 4.13. The Morgan fingerprint density at radius 2 is 1.53 bits per heavy atom. The Hall–Kier alpha value is -0.780. The first-order valence-electron chi connectivity index (χ1n) is 6.90. The molecule has 0 atom stereocenters. The van der Waals surface area contributed by atoms with Gasteiger partial charge in [-0.3, -0.25) is 0 Å². The Bertz CT molecular complexity index is 337. The van der Waals surface area contributed by atoms with E-state index in [1.807, 2.05) is 0 Å². The maximum atomic E-state index is 2.42. The van der Waals surface area contributed by atoms with Gasteiger partial charge < -0.3 is 0 Å². The second kappa shape index (κ2) is 6.23. The zero-order valence-electron chi connectivity index (χ0n) is 12.3. The summed E-state index contributed by atoms with van der Waals surface area (Å²) in [5.41, 5.74) is 4.96. The van der Waals surface area contributed by atoms with Gasteiger partial charge in [0.2, 0.25) is 0 Å². The number of allylic oxidation sites excluding steroid dienone is 6. The van der Waals surface area contributed by atoms with Crippen molar-refractivity contribution in [3.05, 3.63) is 34.9 Å². The molecule has 0 amide bonds. The van der Waals surface area contributed by atoms with Gasteiger partial charge in [0, 0.05) is 0 Å². The van der Waals surface area contributed by atoms with Crippen LogP contribution in [0.15, 0.2) is 34.9 Å². The summed E-state index contributed by atoms with van der Waals surface area (Å²) in [6.07, 6.45) is 13.2.